The highest BCUT2D eigenvalue weighted by molar-refractivity contribution is 5.49. The van der Waals surface area contributed by atoms with Gasteiger partial charge in [-0.2, -0.15) is 0 Å². The molecule has 4 nitrogen and oxygen atoms in total. The van der Waals surface area contributed by atoms with Crippen LogP contribution in [0.1, 0.15) is 26.2 Å². The van der Waals surface area contributed by atoms with Gasteiger partial charge in [0.15, 0.2) is 11.6 Å². The van der Waals surface area contributed by atoms with Crippen LogP contribution in [0.3, 0.4) is 0 Å². The number of aliphatic hydroxyl groups is 1. The van der Waals surface area contributed by atoms with Crippen molar-refractivity contribution in [3.05, 3.63) is 18.3 Å². The third-order valence-corrected chi connectivity index (χ3v) is 2.94. The van der Waals surface area contributed by atoms with E-state index >= 15 is 0 Å². The third kappa shape index (κ3) is 2.44. The maximum Gasteiger partial charge on any atom is 0.168 e. The fourth-order valence-electron chi connectivity index (χ4n) is 1.81. The summed E-state index contributed by atoms with van der Waals surface area (Å²) in [5.41, 5.74) is -0.541. The van der Waals surface area contributed by atoms with Gasteiger partial charge in [-0.25, -0.2) is 4.98 Å². The van der Waals surface area contributed by atoms with E-state index in [0.29, 0.717) is 19.0 Å². The molecule has 0 spiro atoms. The SMILES string of the molecule is CCOc1cccnc1NCC1(O)CCC1. The summed E-state index contributed by atoms with van der Waals surface area (Å²) in [6, 6.07) is 3.72. The molecule has 1 saturated carbocycles. The number of pyridine rings is 1. The Balaban J connectivity index is 1.97. The van der Waals surface area contributed by atoms with Gasteiger partial charge in [0, 0.05) is 12.7 Å². The fraction of sp³-hybridized carbons (Fsp3) is 0.583. The van der Waals surface area contributed by atoms with Crippen molar-refractivity contribution in [3.8, 4) is 5.75 Å². The Kier molecular flexibility index (Phi) is 3.29. The molecule has 16 heavy (non-hydrogen) atoms. The molecule has 0 saturated heterocycles. The van der Waals surface area contributed by atoms with Crippen LogP contribution in [0.5, 0.6) is 5.75 Å². The number of aromatic nitrogens is 1. The number of nitrogens with one attached hydrogen (secondary N) is 1. The summed E-state index contributed by atoms with van der Waals surface area (Å²) in [6.07, 6.45) is 4.57. The van der Waals surface area contributed by atoms with Gasteiger partial charge in [0.2, 0.25) is 0 Å². The van der Waals surface area contributed by atoms with Crippen LogP contribution in [-0.4, -0.2) is 28.8 Å². The summed E-state index contributed by atoms with van der Waals surface area (Å²) >= 11 is 0. The van der Waals surface area contributed by atoms with Crippen molar-refractivity contribution in [2.75, 3.05) is 18.5 Å². The minimum atomic E-state index is -0.541. The molecule has 0 bridgehead atoms. The second-order valence-corrected chi connectivity index (χ2v) is 4.21. The van der Waals surface area contributed by atoms with Crippen molar-refractivity contribution in [3.63, 3.8) is 0 Å². The van der Waals surface area contributed by atoms with Crippen LogP contribution >= 0.6 is 0 Å². The Labute approximate surface area is 95.7 Å². The second-order valence-electron chi connectivity index (χ2n) is 4.21. The molecule has 1 aromatic heterocycles. The Bertz CT molecular complexity index is 351. The molecule has 0 radical (unpaired) electrons. The highest BCUT2D eigenvalue weighted by Crippen LogP contribution is 2.32. The Morgan fingerprint density at radius 2 is 2.38 bits per heavy atom. The number of ether oxygens (including phenoxy) is 1. The molecular weight excluding hydrogens is 204 g/mol. The largest absolute Gasteiger partial charge is 0.490 e. The van der Waals surface area contributed by atoms with Crippen LogP contribution in [0, 0.1) is 0 Å². The minimum Gasteiger partial charge on any atom is -0.490 e. The molecule has 0 atom stereocenters. The molecule has 1 heterocycles. The van der Waals surface area contributed by atoms with E-state index in [1.807, 2.05) is 19.1 Å². The summed E-state index contributed by atoms with van der Waals surface area (Å²) in [4.78, 5) is 4.21. The van der Waals surface area contributed by atoms with E-state index in [0.717, 1.165) is 25.0 Å². The van der Waals surface area contributed by atoms with Crippen molar-refractivity contribution in [2.45, 2.75) is 31.8 Å². The normalized spacial score (nSPS) is 17.6. The minimum absolute atomic E-state index is 0.541. The number of hydrogen-bond donors (Lipinski definition) is 2. The second kappa shape index (κ2) is 4.70. The first kappa shape index (κ1) is 11.2. The van der Waals surface area contributed by atoms with E-state index in [-0.39, 0.29) is 0 Å². The Hall–Kier alpha value is -1.29. The molecule has 0 amide bonds. The zero-order valence-corrected chi connectivity index (χ0v) is 9.57. The Morgan fingerprint density at radius 1 is 1.56 bits per heavy atom. The standard InChI is InChI=1S/C12H18N2O2/c1-2-16-10-5-3-8-13-11(10)14-9-12(15)6-4-7-12/h3,5,8,15H,2,4,6-7,9H2,1H3,(H,13,14). The van der Waals surface area contributed by atoms with Gasteiger partial charge in [-0.3, -0.25) is 0 Å². The van der Waals surface area contributed by atoms with Crippen molar-refractivity contribution in [1.29, 1.82) is 0 Å². The topological polar surface area (TPSA) is 54.4 Å². The predicted molar refractivity (Wildman–Crippen MR) is 62.7 cm³/mol. The molecule has 1 aliphatic carbocycles. The molecule has 2 rings (SSSR count). The van der Waals surface area contributed by atoms with Gasteiger partial charge in [0.05, 0.1) is 12.2 Å². The van der Waals surface area contributed by atoms with E-state index in [1.54, 1.807) is 6.20 Å². The maximum atomic E-state index is 9.96. The first-order chi connectivity index (χ1) is 7.73. The molecule has 0 aromatic carbocycles. The van der Waals surface area contributed by atoms with Crippen LogP contribution in [0.15, 0.2) is 18.3 Å². The quantitative estimate of drug-likeness (QED) is 0.797. The number of nitrogens with zero attached hydrogens (tertiary/aromatic N) is 1. The number of hydrogen-bond acceptors (Lipinski definition) is 4. The van der Waals surface area contributed by atoms with E-state index in [1.165, 1.54) is 0 Å². The van der Waals surface area contributed by atoms with Gasteiger partial charge >= 0.3 is 0 Å². The van der Waals surface area contributed by atoms with Gasteiger partial charge in [-0.1, -0.05) is 0 Å². The first-order valence-corrected chi connectivity index (χ1v) is 5.77. The molecule has 0 unspecified atom stereocenters. The lowest BCUT2D eigenvalue weighted by molar-refractivity contribution is -0.0202. The van der Waals surface area contributed by atoms with Gasteiger partial charge in [-0.05, 0) is 38.3 Å². The molecule has 0 aliphatic heterocycles. The lowest BCUT2D eigenvalue weighted by Crippen LogP contribution is -2.43. The van der Waals surface area contributed by atoms with Gasteiger partial charge in [-0.15, -0.1) is 0 Å². The summed E-state index contributed by atoms with van der Waals surface area (Å²) in [5.74, 6) is 1.46. The molecule has 1 aromatic rings. The van der Waals surface area contributed by atoms with Crippen molar-refractivity contribution in [2.24, 2.45) is 0 Å². The summed E-state index contributed by atoms with van der Waals surface area (Å²) in [5, 5.41) is 13.1. The lowest BCUT2D eigenvalue weighted by Gasteiger charge is -2.36. The zero-order valence-electron chi connectivity index (χ0n) is 9.57. The smallest absolute Gasteiger partial charge is 0.168 e. The molecule has 4 heteroatoms. The van der Waals surface area contributed by atoms with Crippen molar-refractivity contribution < 1.29 is 9.84 Å². The summed E-state index contributed by atoms with van der Waals surface area (Å²) in [6.45, 7) is 3.10. The third-order valence-electron chi connectivity index (χ3n) is 2.94. The zero-order chi connectivity index (χ0) is 11.4. The number of anilines is 1. The van der Waals surface area contributed by atoms with Crippen LogP contribution in [0.25, 0.3) is 0 Å². The van der Waals surface area contributed by atoms with Crippen LogP contribution < -0.4 is 10.1 Å². The van der Waals surface area contributed by atoms with E-state index in [2.05, 4.69) is 10.3 Å². The van der Waals surface area contributed by atoms with Crippen molar-refractivity contribution >= 4 is 5.82 Å². The average molecular weight is 222 g/mol. The molecule has 88 valence electrons. The van der Waals surface area contributed by atoms with E-state index < -0.39 is 5.60 Å². The fourth-order valence-corrected chi connectivity index (χ4v) is 1.81. The maximum absolute atomic E-state index is 9.96. The highest BCUT2D eigenvalue weighted by Gasteiger charge is 2.34. The summed E-state index contributed by atoms with van der Waals surface area (Å²) < 4.78 is 5.45. The molecular formula is C12H18N2O2. The van der Waals surface area contributed by atoms with Crippen LogP contribution in [-0.2, 0) is 0 Å². The van der Waals surface area contributed by atoms with Gasteiger partial charge in [0.1, 0.15) is 0 Å². The molecule has 1 aliphatic rings. The average Bonchev–Trinajstić information content (AvgIpc) is 2.26. The lowest BCUT2D eigenvalue weighted by atomic mass is 9.80. The van der Waals surface area contributed by atoms with E-state index in [9.17, 15) is 5.11 Å². The predicted octanol–water partition coefficient (Wildman–Crippen LogP) is 1.81. The first-order valence-electron chi connectivity index (χ1n) is 5.77. The highest BCUT2D eigenvalue weighted by atomic mass is 16.5. The monoisotopic (exact) mass is 222 g/mol. The van der Waals surface area contributed by atoms with Crippen LogP contribution in [0.4, 0.5) is 5.82 Å². The van der Waals surface area contributed by atoms with E-state index in [4.69, 9.17) is 4.74 Å². The summed E-state index contributed by atoms with van der Waals surface area (Å²) in [7, 11) is 0. The Morgan fingerprint density at radius 3 is 3.00 bits per heavy atom. The number of rotatable bonds is 5. The molecule has 2 N–H and O–H groups in total. The van der Waals surface area contributed by atoms with Crippen LogP contribution in [0.2, 0.25) is 0 Å². The van der Waals surface area contributed by atoms with Crippen molar-refractivity contribution in [1.82, 2.24) is 4.98 Å². The van der Waals surface area contributed by atoms with Gasteiger partial charge in [0.25, 0.3) is 0 Å². The molecule has 1 fully saturated rings. The van der Waals surface area contributed by atoms with Gasteiger partial charge < -0.3 is 15.2 Å².